The second-order valence-corrected chi connectivity index (χ2v) is 9.49. The third kappa shape index (κ3) is 4.12. The number of likely N-dealkylation sites (N-methyl/N-ethyl adjacent to an activating group) is 1. The zero-order chi connectivity index (χ0) is 24.9. The largest absolute Gasteiger partial charge is 0.473 e. The minimum atomic E-state index is -0.130. The van der Waals surface area contributed by atoms with Crippen molar-refractivity contribution in [3.63, 3.8) is 0 Å². The Balaban J connectivity index is 1.71. The maximum Gasteiger partial charge on any atom is 0.221 e. The van der Waals surface area contributed by atoms with E-state index in [1.165, 1.54) is 0 Å². The van der Waals surface area contributed by atoms with Crippen molar-refractivity contribution < 1.29 is 9.84 Å². The van der Waals surface area contributed by atoms with Gasteiger partial charge < -0.3 is 9.84 Å². The van der Waals surface area contributed by atoms with Gasteiger partial charge in [0.1, 0.15) is 6.10 Å². The van der Waals surface area contributed by atoms with Crippen LogP contribution >= 0.6 is 0 Å². The summed E-state index contributed by atoms with van der Waals surface area (Å²) in [6, 6.07) is 1.91. The summed E-state index contributed by atoms with van der Waals surface area (Å²) in [5.41, 5.74) is 7.22. The van der Waals surface area contributed by atoms with Crippen LogP contribution in [0.1, 0.15) is 48.2 Å². The summed E-state index contributed by atoms with van der Waals surface area (Å²) in [5, 5.41) is 27.8. The lowest BCUT2D eigenvalue weighted by molar-refractivity contribution is 0.145. The van der Waals surface area contributed by atoms with Gasteiger partial charge in [-0.3, -0.25) is 19.7 Å². The number of hydrogen-bond acceptors (Lipinski definition) is 7. The summed E-state index contributed by atoms with van der Waals surface area (Å²) in [6.45, 7) is 9.37. The average Bonchev–Trinajstić information content (AvgIpc) is 3.44. The number of pyridine rings is 1. The molecule has 0 saturated heterocycles. The van der Waals surface area contributed by atoms with Crippen molar-refractivity contribution in [2.75, 3.05) is 20.2 Å². The summed E-state index contributed by atoms with van der Waals surface area (Å²) in [6.07, 6.45) is 5.79. The molecule has 0 aromatic carbocycles. The van der Waals surface area contributed by atoms with Crippen LogP contribution in [0, 0.1) is 13.8 Å². The molecule has 5 rings (SSSR count). The van der Waals surface area contributed by atoms with Crippen LogP contribution in [0.5, 0.6) is 5.88 Å². The zero-order valence-electron chi connectivity index (χ0n) is 21.1. The van der Waals surface area contributed by atoms with Crippen molar-refractivity contribution >= 4 is 23.1 Å². The van der Waals surface area contributed by atoms with E-state index in [0.29, 0.717) is 19.0 Å². The molecule has 0 unspecified atom stereocenters. The monoisotopic (exact) mass is 476 g/mol. The molecule has 0 saturated carbocycles. The molecule has 1 aliphatic heterocycles. The molecule has 184 valence electrons. The summed E-state index contributed by atoms with van der Waals surface area (Å²) in [4.78, 5) is 6.91. The highest BCUT2D eigenvalue weighted by molar-refractivity contribution is 5.92. The average molecular weight is 477 g/mol. The van der Waals surface area contributed by atoms with Crippen LogP contribution in [0.3, 0.4) is 0 Å². The highest BCUT2D eigenvalue weighted by Crippen LogP contribution is 2.34. The molecule has 0 spiro atoms. The predicted octanol–water partition coefficient (Wildman–Crippen LogP) is 3.11. The third-order valence-electron chi connectivity index (χ3n) is 6.53. The Morgan fingerprint density at radius 1 is 1.20 bits per heavy atom. The number of H-pyrrole nitrogens is 1. The van der Waals surface area contributed by atoms with Crippen LogP contribution in [-0.4, -0.2) is 71.1 Å². The van der Waals surface area contributed by atoms with Crippen molar-refractivity contribution in [1.82, 2.24) is 39.6 Å². The normalized spacial score (nSPS) is 18.5. The predicted molar refractivity (Wildman–Crippen MR) is 135 cm³/mol. The molecular formula is C25H32N8O2. The molecule has 0 fully saturated rings. The van der Waals surface area contributed by atoms with E-state index in [0.717, 1.165) is 50.5 Å². The first-order valence-electron chi connectivity index (χ1n) is 11.9. The number of ether oxygens (including phenoxy) is 1. The maximum atomic E-state index is 9.85. The first-order valence-corrected chi connectivity index (χ1v) is 11.9. The third-order valence-corrected chi connectivity index (χ3v) is 6.53. The molecule has 0 aliphatic carbocycles. The van der Waals surface area contributed by atoms with Crippen LogP contribution in [0.4, 0.5) is 0 Å². The SMILES string of the molecule is Cc1nn([C@@H](C)CO)c2c1/C=C/c1n[nH]c3cnc(cc13)-c1c(C)nn(C)c1O[C@@H](C)CN(C)C2. The molecular weight excluding hydrogens is 444 g/mol. The highest BCUT2D eigenvalue weighted by atomic mass is 16.5. The fourth-order valence-corrected chi connectivity index (χ4v) is 4.84. The number of aromatic amines is 1. The van der Waals surface area contributed by atoms with Gasteiger partial charge in [0.15, 0.2) is 0 Å². The van der Waals surface area contributed by atoms with Gasteiger partial charge in [-0.2, -0.15) is 15.3 Å². The fourth-order valence-electron chi connectivity index (χ4n) is 4.84. The fraction of sp³-hybridized carbons (Fsp3) is 0.440. The zero-order valence-corrected chi connectivity index (χ0v) is 21.1. The van der Waals surface area contributed by atoms with E-state index >= 15 is 0 Å². The molecule has 35 heavy (non-hydrogen) atoms. The molecule has 2 atom stereocenters. The highest BCUT2D eigenvalue weighted by Gasteiger charge is 2.24. The summed E-state index contributed by atoms with van der Waals surface area (Å²) in [5.74, 6) is 0.696. The van der Waals surface area contributed by atoms with E-state index in [1.54, 1.807) is 10.9 Å². The van der Waals surface area contributed by atoms with Gasteiger partial charge in [0.25, 0.3) is 0 Å². The van der Waals surface area contributed by atoms with E-state index in [9.17, 15) is 5.11 Å². The Morgan fingerprint density at radius 3 is 2.77 bits per heavy atom. The van der Waals surface area contributed by atoms with Crippen LogP contribution in [0.25, 0.3) is 34.3 Å². The van der Waals surface area contributed by atoms with Crippen LogP contribution in [0.2, 0.25) is 0 Å². The van der Waals surface area contributed by atoms with Crippen molar-refractivity contribution in [3.8, 4) is 17.1 Å². The molecule has 4 aromatic heterocycles. The van der Waals surface area contributed by atoms with Crippen molar-refractivity contribution in [3.05, 3.63) is 40.6 Å². The van der Waals surface area contributed by atoms with Crippen molar-refractivity contribution in [2.24, 2.45) is 7.05 Å². The summed E-state index contributed by atoms with van der Waals surface area (Å²) in [7, 11) is 3.96. The second-order valence-electron chi connectivity index (χ2n) is 9.49. The molecule has 4 aromatic rings. The van der Waals surface area contributed by atoms with E-state index in [2.05, 4.69) is 40.2 Å². The molecule has 2 N–H and O–H groups in total. The lowest BCUT2D eigenvalue weighted by atomic mass is 10.1. The Bertz CT molecular complexity index is 1410. The quantitative estimate of drug-likeness (QED) is 0.457. The number of nitrogens with zero attached hydrogens (tertiary/aromatic N) is 7. The van der Waals surface area contributed by atoms with E-state index in [1.807, 2.05) is 44.6 Å². The van der Waals surface area contributed by atoms with E-state index in [-0.39, 0.29) is 18.8 Å². The minimum Gasteiger partial charge on any atom is -0.473 e. The first kappa shape index (κ1) is 23.3. The van der Waals surface area contributed by atoms with Gasteiger partial charge in [0.2, 0.25) is 5.88 Å². The first-order chi connectivity index (χ1) is 16.8. The number of aliphatic hydroxyl groups excluding tert-OH is 1. The summed E-state index contributed by atoms with van der Waals surface area (Å²) >= 11 is 0. The van der Waals surface area contributed by atoms with Gasteiger partial charge in [-0.05, 0) is 53.0 Å². The number of rotatable bonds is 2. The minimum absolute atomic E-state index is 0.0168. The number of aromatic nitrogens is 7. The molecule has 0 radical (unpaired) electrons. The number of nitrogens with one attached hydrogen (secondary N) is 1. The van der Waals surface area contributed by atoms with E-state index in [4.69, 9.17) is 14.8 Å². The van der Waals surface area contributed by atoms with Crippen LogP contribution < -0.4 is 4.74 Å². The Hall–Kier alpha value is -3.50. The van der Waals surface area contributed by atoms with Crippen molar-refractivity contribution in [2.45, 2.75) is 46.4 Å². The van der Waals surface area contributed by atoms with Crippen LogP contribution in [0.15, 0.2) is 12.3 Å². The van der Waals surface area contributed by atoms with E-state index < -0.39 is 0 Å². The van der Waals surface area contributed by atoms with Crippen molar-refractivity contribution in [1.29, 1.82) is 0 Å². The lowest BCUT2D eigenvalue weighted by Gasteiger charge is -2.24. The van der Waals surface area contributed by atoms with Gasteiger partial charge in [0, 0.05) is 31.1 Å². The number of aryl methyl sites for hydroxylation is 3. The number of aliphatic hydroxyl groups is 1. The smallest absolute Gasteiger partial charge is 0.221 e. The Labute approximate surface area is 204 Å². The molecule has 2 bridgehead atoms. The standard InChI is InChI=1S/C25H32N8O2/c1-14(13-34)33-23-12-31(5)11-15(2)35-25-24(17(4)29-32(25)6)21-9-19-20(27-28-22(19)10-26-21)8-7-18(23)16(3)30-33/h7-10,14-15,34H,11-13H2,1-6H3,(H,27,28)/b8-7+/t14-,15-/m0/s1. The second kappa shape index (κ2) is 8.94. The topological polar surface area (TPSA) is 110 Å². The lowest BCUT2D eigenvalue weighted by Crippen LogP contribution is -2.32. The molecule has 10 heteroatoms. The van der Waals surface area contributed by atoms with Gasteiger partial charge in [-0.15, -0.1) is 0 Å². The number of hydrogen-bond donors (Lipinski definition) is 2. The number of fused-ring (bicyclic) bond motifs is 4. The Kier molecular flexibility index (Phi) is 5.94. The summed E-state index contributed by atoms with van der Waals surface area (Å²) < 4.78 is 10.2. The van der Waals surface area contributed by atoms with Gasteiger partial charge >= 0.3 is 0 Å². The molecule has 5 heterocycles. The molecule has 1 aliphatic rings. The van der Waals surface area contributed by atoms with Crippen LogP contribution in [-0.2, 0) is 13.6 Å². The molecule has 0 amide bonds. The van der Waals surface area contributed by atoms with Gasteiger partial charge in [-0.1, -0.05) is 0 Å². The Morgan fingerprint density at radius 2 is 2.00 bits per heavy atom. The molecule has 10 nitrogen and oxygen atoms in total. The maximum absolute atomic E-state index is 9.85. The van der Waals surface area contributed by atoms with Gasteiger partial charge in [0.05, 0.1) is 58.4 Å². The van der Waals surface area contributed by atoms with Gasteiger partial charge in [-0.25, -0.2) is 4.68 Å².